The highest BCUT2D eigenvalue weighted by molar-refractivity contribution is 6.00. The first kappa shape index (κ1) is 18.6. The fourth-order valence-corrected chi connectivity index (χ4v) is 2.92. The summed E-state index contributed by atoms with van der Waals surface area (Å²) in [6.45, 7) is 0.595. The lowest BCUT2D eigenvalue weighted by Crippen LogP contribution is -2.30. The molecule has 3 aromatic rings. The summed E-state index contributed by atoms with van der Waals surface area (Å²) < 4.78 is 5.81. The number of furan rings is 1. The molecule has 0 saturated heterocycles. The van der Waals surface area contributed by atoms with Gasteiger partial charge in [-0.05, 0) is 25.0 Å². The number of amides is 2. The quantitative estimate of drug-likeness (QED) is 0.452. The van der Waals surface area contributed by atoms with E-state index in [1.54, 1.807) is 19.0 Å². The van der Waals surface area contributed by atoms with Crippen LogP contribution >= 0.6 is 0 Å². The molecule has 2 aromatic heterocycles. The van der Waals surface area contributed by atoms with E-state index in [0.717, 1.165) is 36.0 Å². The SMILES string of the molecule is CN(CCCCc1cc2ccccc2o1)C(=O)c1cncnc1N(C)C=O. The Morgan fingerprint density at radius 3 is 2.81 bits per heavy atom. The number of anilines is 1. The summed E-state index contributed by atoms with van der Waals surface area (Å²) in [7, 11) is 3.29. The second-order valence-corrected chi connectivity index (χ2v) is 6.41. The molecule has 27 heavy (non-hydrogen) atoms. The first-order valence-electron chi connectivity index (χ1n) is 8.81. The average molecular weight is 366 g/mol. The Balaban J connectivity index is 1.54. The first-order valence-corrected chi connectivity index (χ1v) is 8.81. The Hall–Kier alpha value is -3.22. The molecule has 2 amide bonds. The summed E-state index contributed by atoms with van der Waals surface area (Å²) in [5.74, 6) is 1.05. The van der Waals surface area contributed by atoms with Crippen molar-refractivity contribution in [1.82, 2.24) is 14.9 Å². The molecule has 0 atom stereocenters. The number of carbonyl (C=O) groups excluding carboxylic acids is 2. The fourth-order valence-electron chi connectivity index (χ4n) is 2.92. The summed E-state index contributed by atoms with van der Waals surface area (Å²) in [5.41, 5.74) is 1.21. The van der Waals surface area contributed by atoms with Gasteiger partial charge in [-0.3, -0.25) is 9.59 Å². The number of carbonyl (C=O) groups is 2. The van der Waals surface area contributed by atoms with Gasteiger partial charge in [-0.25, -0.2) is 9.97 Å². The maximum Gasteiger partial charge on any atom is 0.258 e. The molecule has 0 unspecified atom stereocenters. The maximum atomic E-state index is 12.7. The monoisotopic (exact) mass is 366 g/mol. The van der Waals surface area contributed by atoms with E-state index < -0.39 is 0 Å². The smallest absolute Gasteiger partial charge is 0.258 e. The zero-order valence-electron chi connectivity index (χ0n) is 15.5. The van der Waals surface area contributed by atoms with Gasteiger partial charge in [0.1, 0.15) is 23.2 Å². The van der Waals surface area contributed by atoms with Gasteiger partial charge in [0, 0.05) is 38.6 Å². The van der Waals surface area contributed by atoms with Gasteiger partial charge in [-0.15, -0.1) is 0 Å². The van der Waals surface area contributed by atoms with E-state index in [1.165, 1.54) is 17.4 Å². The highest BCUT2D eigenvalue weighted by Gasteiger charge is 2.19. The van der Waals surface area contributed by atoms with E-state index in [9.17, 15) is 9.59 Å². The summed E-state index contributed by atoms with van der Waals surface area (Å²) in [4.78, 5) is 34.5. The molecule has 0 aliphatic rings. The van der Waals surface area contributed by atoms with Gasteiger partial charge in [-0.2, -0.15) is 0 Å². The van der Waals surface area contributed by atoms with Crippen molar-refractivity contribution in [2.75, 3.05) is 25.5 Å². The van der Waals surface area contributed by atoms with Gasteiger partial charge in [0.15, 0.2) is 5.82 Å². The molecule has 7 heteroatoms. The van der Waals surface area contributed by atoms with Crippen LogP contribution in [-0.4, -0.2) is 47.8 Å². The molecule has 0 aliphatic carbocycles. The van der Waals surface area contributed by atoms with Crippen molar-refractivity contribution in [3.8, 4) is 0 Å². The van der Waals surface area contributed by atoms with Crippen molar-refractivity contribution < 1.29 is 14.0 Å². The van der Waals surface area contributed by atoms with Crippen LogP contribution in [-0.2, 0) is 11.2 Å². The van der Waals surface area contributed by atoms with E-state index in [0.29, 0.717) is 24.3 Å². The number of aromatic nitrogens is 2. The molecule has 7 nitrogen and oxygen atoms in total. The number of hydrogen-bond acceptors (Lipinski definition) is 5. The van der Waals surface area contributed by atoms with Crippen LogP contribution in [0.15, 0.2) is 47.3 Å². The van der Waals surface area contributed by atoms with Crippen molar-refractivity contribution >= 4 is 29.1 Å². The van der Waals surface area contributed by atoms with Crippen LogP contribution < -0.4 is 4.90 Å². The maximum absolute atomic E-state index is 12.7. The average Bonchev–Trinajstić information content (AvgIpc) is 3.12. The lowest BCUT2D eigenvalue weighted by molar-refractivity contribution is -0.107. The Kier molecular flexibility index (Phi) is 5.80. The molecule has 2 heterocycles. The van der Waals surface area contributed by atoms with Crippen LogP contribution in [0.25, 0.3) is 11.0 Å². The number of benzene rings is 1. The van der Waals surface area contributed by atoms with Gasteiger partial charge in [0.25, 0.3) is 5.91 Å². The third kappa shape index (κ3) is 4.31. The summed E-state index contributed by atoms with van der Waals surface area (Å²) in [6, 6.07) is 10.0. The summed E-state index contributed by atoms with van der Waals surface area (Å²) in [6.07, 6.45) is 5.95. The number of fused-ring (bicyclic) bond motifs is 1. The largest absolute Gasteiger partial charge is 0.461 e. The molecule has 0 saturated carbocycles. The van der Waals surface area contributed by atoms with Crippen LogP contribution in [0.2, 0.25) is 0 Å². The molecular formula is C20H22N4O3. The van der Waals surface area contributed by atoms with Crippen molar-refractivity contribution in [1.29, 1.82) is 0 Å². The second kappa shape index (κ2) is 8.44. The summed E-state index contributed by atoms with van der Waals surface area (Å²) in [5, 5.41) is 1.11. The van der Waals surface area contributed by atoms with Gasteiger partial charge in [0.2, 0.25) is 6.41 Å². The standard InChI is InChI=1S/C20H22N4O3/c1-23(20(26)17-12-21-13-22-19(17)24(2)14-25)10-6-5-8-16-11-15-7-3-4-9-18(15)27-16/h3-4,7,9,11-14H,5-6,8,10H2,1-2H3. The number of para-hydroxylation sites is 1. The molecular weight excluding hydrogens is 344 g/mol. The highest BCUT2D eigenvalue weighted by Crippen LogP contribution is 2.20. The zero-order valence-corrected chi connectivity index (χ0v) is 15.5. The third-order valence-electron chi connectivity index (χ3n) is 4.40. The number of aryl methyl sites for hydroxylation is 1. The molecule has 0 spiro atoms. The minimum absolute atomic E-state index is 0.206. The van der Waals surface area contributed by atoms with Crippen molar-refractivity contribution in [2.24, 2.45) is 0 Å². The lowest BCUT2D eigenvalue weighted by Gasteiger charge is -2.20. The van der Waals surface area contributed by atoms with Crippen molar-refractivity contribution in [2.45, 2.75) is 19.3 Å². The third-order valence-corrected chi connectivity index (χ3v) is 4.40. The minimum atomic E-state index is -0.206. The topological polar surface area (TPSA) is 79.5 Å². The van der Waals surface area contributed by atoms with E-state index in [-0.39, 0.29) is 5.91 Å². The molecule has 3 rings (SSSR count). The minimum Gasteiger partial charge on any atom is -0.461 e. The second-order valence-electron chi connectivity index (χ2n) is 6.41. The van der Waals surface area contributed by atoms with E-state index >= 15 is 0 Å². The van der Waals surface area contributed by atoms with E-state index in [1.807, 2.05) is 24.3 Å². The van der Waals surface area contributed by atoms with Gasteiger partial charge >= 0.3 is 0 Å². The van der Waals surface area contributed by atoms with Gasteiger partial charge < -0.3 is 14.2 Å². The van der Waals surface area contributed by atoms with Crippen LogP contribution in [0.1, 0.15) is 29.0 Å². The summed E-state index contributed by atoms with van der Waals surface area (Å²) >= 11 is 0. The van der Waals surface area contributed by atoms with Gasteiger partial charge in [-0.1, -0.05) is 18.2 Å². The Morgan fingerprint density at radius 1 is 1.22 bits per heavy atom. The van der Waals surface area contributed by atoms with Crippen LogP contribution in [0, 0.1) is 0 Å². The first-order chi connectivity index (χ1) is 13.1. The molecule has 1 aromatic carbocycles. The molecule has 0 bridgehead atoms. The zero-order chi connectivity index (χ0) is 19.2. The Morgan fingerprint density at radius 2 is 2.04 bits per heavy atom. The normalized spacial score (nSPS) is 10.7. The molecule has 0 radical (unpaired) electrons. The Labute approximate surface area is 157 Å². The number of unbranched alkanes of at least 4 members (excludes halogenated alkanes) is 1. The number of nitrogens with zero attached hydrogens (tertiary/aromatic N) is 4. The van der Waals surface area contributed by atoms with Crippen molar-refractivity contribution in [3.05, 3.63) is 54.2 Å². The fraction of sp³-hybridized carbons (Fsp3) is 0.300. The molecule has 0 N–H and O–H groups in total. The number of rotatable bonds is 8. The predicted octanol–water partition coefficient (Wildman–Crippen LogP) is 2.91. The van der Waals surface area contributed by atoms with E-state index in [2.05, 4.69) is 16.0 Å². The van der Waals surface area contributed by atoms with Gasteiger partial charge in [0.05, 0.1) is 0 Å². The predicted molar refractivity (Wildman–Crippen MR) is 103 cm³/mol. The lowest BCUT2D eigenvalue weighted by atomic mass is 10.1. The van der Waals surface area contributed by atoms with E-state index in [4.69, 9.17) is 4.42 Å². The van der Waals surface area contributed by atoms with Crippen LogP contribution in [0.3, 0.4) is 0 Å². The van der Waals surface area contributed by atoms with Crippen LogP contribution in [0.5, 0.6) is 0 Å². The molecule has 0 aliphatic heterocycles. The highest BCUT2D eigenvalue weighted by atomic mass is 16.3. The molecule has 140 valence electrons. The number of hydrogen-bond donors (Lipinski definition) is 0. The Bertz CT molecular complexity index is 905. The van der Waals surface area contributed by atoms with Crippen molar-refractivity contribution in [3.63, 3.8) is 0 Å². The van der Waals surface area contributed by atoms with Crippen LogP contribution in [0.4, 0.5) is 5.82 Å². The molecule has 0 fully saturated rings.